The molecular weight excluding hydrogens is 400 g/mol. The number of fused-ring (bicyclic) bond motifs is 1. The number of benzene rings is 1. The van der Waals surface area contributed by atoms with Crippen LogP contribution in [0.25, 0.3) is 5.65 Å². The van der Waals surface area contributed by atoms with E-state index in [0.29, 0.717) is 23.8 Å². The van der Waals surface area contributed by atoms with Crippen LogP contribution >= 0.6 is 11.6 Å². The molecule has 0 bridgehead atoms. The fourth-order valence-electron chi connectivity index (χ4n) is 2.89. The first-order valence-corrected chi connectivity index (χ1v) is 10.7. The molecule has 0 aliphatic heterocycles. The van der Waals surface area contributed by atoms with Gasteiger partial charge in [0, 0.05) is 31.0 Å². The Morgan fingerprint density at radius 3 is 2.64 bits per heavy atom. The van der Waals surface area contributed by atoms with Crippen LogP contribution in [0.2, 0.25) is 5.02 Å². The largest absolute Gasteiger partial charge is 0.346 e. The second-order valence-corrected chi connectivity index (χ2v) is 8.52. The smallest absolute Gasteiger partial charge is 0.251 e. The van der Waals surface area contributed by atoms with Crippen molar-refractivity contribution in [3.63, 3.8) is 0 Å². The van der Waals surface area contributed by atoms with E-state index in [0.717, 1.165) is 5.65 Å². The van der Waals surface area contributed by atoms with Gasteiger partial charge in [0.15, 0.2) is 0 Å². The first-order valence-electron chi connectivity index (χ1n) is 8.86. The second kappa shape index (κ2) is 8.30. The molecule has 9 heteroatoms. The Hall–Kier alpha value is -2.42. The molecule has 1 aromatic carbocycles. The summed E-state index contributed by atoms with van der Waals surface area (Å²) < 4.78 is 28.4. The first kappa shape index (κ1) is 20.3. The SMILES string of the molecule is CCN(CC)S(=O)(=O)c1cccc(C(=O)NCc2cn3cc(Cl)ccc3n2)c1. The average Bonchev–Trinajstić information content (AvgIpc) is 3.09. The monoisotopic (exact) mass is 420 g/mol. The number of imidazole rings is 1. The highest BCUT2D eigenvalue weighted by molar-refractivity contribution is 7.89. The van der Waals surface area contributed by atoms with E-state index in [1.165, 1.54) is 16.4 Å². The van der Waals surface area contributed by atoms with Crippen molar-refractivity contribution in [2.24, 2.45) is 0 Å². The maximum Gasteiger partial charge on any atom is 0.251 e. The van der Waals surface area contributed by atoms with E-state index >= 15 is 0 Å². The van der Waals surface area contributed by atoms with Gasteiger partial charge in [-0.15, -0.1) is 0 Å². The zero-order valence-corrected chi connectivity index (χ0v) is 17.2. The standard InChI is InChI=1S/C19H21ClN4O3S/c1-3-24(4-2)28(26,27)17-7-5-6-14(10-17)19(25)21-11-16-13-23-12-15(20)8-9-18(23)22-16/h5-10,12-13H,3-4,11H2,1-2H3,(H,21,25). The molecule has 0 saturated heterocycles. The molecule has 0 unspecified atom stereocenters. The van der Waals surface area contributed by atoms with E-state index in [9.17, 15) is 13.2 Å². The first-order chi connectivity index (χ1) is 13.3. The van der Waals surface area contributed by atoms with Crippen LogP contribution in [-0.2, 0) is 16.6 Å². The molecule has 0 fully saturated rings. The fourth-order valence-corrected chi connectivity index (χ4v) is 4.56. The van der Waals surface area contributed by atoms with Gasteiger partial charge in [0.25, 0.3) is 5.91 Å². The van der Waals surface area contributed by atoms with Crippen molar-refractivity contribution in [3.05, 3.63) is 65.1 Å². The number of hydrogen-bond acceptors (Lipinski definition) is 4. The van der Waals surface area contributed by atoms with Crippen molar-refractivity contribution in [1.82, 2.24) is 19.0 Å². The predicted octanol–water partition coefficient (Wildman–Crippen LogP) is 2.95. The molecule has 0 aliphatic carbocycles. The zero-order chi connectivity index (χ0) is 20.3. The van der Waals surface area contributed by atoms with Crippen LogP contribution in [0.15, 0.2) is 53.7 Å². The van der Waals surface area contributed by atoms with Gasteiger partial charge < -0.3 is 9.72 Å². The summed E-state index contributed by atoms with van der Waals surface area (Å²) in [6.45, 7) is 4.50. The van der Waals surface area contributed by atoms with Crippen molar-refractivity contribution < 1.29 is 13.2 Å². The van der Waals surface area contributed by atoms with Gasteiger partial charge in [-0.25, -0.2) is 13.4 Å². The number of hydrogen-bond donors (Lipinski definition) is 1. The summed E-state index contributed by atoms with van der Waals surface area (Å²) in [5, 5.41) is 3.36. The molecule has 28 heavy (non-hydrogen) atoms. The van der Waals surface area contributed by atoms with E-state index in [1.807, 2.05) is 0 Å². The molecule has 0 atom stereocenters. The number of nitrogens with zero attached hydrogens (tertiary/aromatic N) is 3. The number of carbonyl (C=O) groups is 1. The van der Waals surface area contributed by atoms with E-state index in [2.05, 4.69) is 10.3 Å². The van der Waals surface area contributed by atoms with Crippen molar-refractivity contribution in [3.8, 4) is 0 Å². The molecular formula is C19H21ClN4O3S. The van der Waals surface area contributed by atoms with Crippen LogP contribution in [0.4, 0.5) is 0 Å². The van der Waals surface area contributed by atoms with Gasteiger partial charge in [-0.05, 0) is 30.3 Å². The molecule has 148 valence electrons. The average molecular weight is 421 g/mol. The van der Waals surface area contributed by atoms with Gasteiger partial charge >= 0.3 is 0 Å². The highest BCUT2D eigenvalue weighted by Crippen LogP contribution is 2.17. The Kier molecular flexibility index (Phi) is 6.02. The highest BCUT2D eigenvalue weighted by atomic mass is 35.5. The lowest BCUT2D eigenvalue weighted by molar-refractivity contribution is 0.0950. The lowest BCUT2D eigenvalue weighted by atomic mass is 10.2. The minimum atomic E-state index is -3.62. The summed E-state index contributed by atoms with van der Waals surface area (Å²) >= 11 is 5.96. The Morgan fingerprint density at radius 2 is 1.93 bits per heavy atom. The van der Waals surface area contributed by atoms with Gasteiger partial charge in [0.05, 0.1) is 22.2 Å². The molecule has 0 aliphatic rings. The molecule has 1 N–H and O–H groups in total. The molecule has 2 aromatic heterocycles. The number of amides is 1. The minimum Gasteiger partial charge on any atom is -0.346 e. The maximum absolute atomic E-state index is 12.6. The Bertz CT molecular complexity index is 1110. The van der Waals surface area contributed by atoms with Crippen LogP contribution in [0, 0.1) is 0 Å². The van der Waals surface area contributed by atoms with Gasteiger partial charge in [-0.3, -0.25) is 4.79 Å². The van der Waals surface area contributed by atoms with Gasteiger partial charge in [-0.1, -0.05) is 31.5 Å². The Morgan fingerprint density at radius 1 is 1.18 bits per heavy atom. The fraction of sp³-hybridized carbons (Fsp3) is 0.263. The van der Waals surface area contributed by atoms with E-state index in [1.54, 1.807) is 54.9 Å². The minimum absolute atomic E-state index is 0.103. The number of nitrogens with one attached hydrogen (secondary N) is 1. The number of halogens is 1. The number of pyridine rings is 1. The van der Waals surface area contributed by atoms with Crippen LogP contribution in [0.3, 0.4) is 0 Å². The molecule has 3 aromatic rings. The highest BCUT2D eigenvalue weighted by Gasteiger charge is 2.22. The number of rotatable bonds is 7. The number of sulfonamides is 1. The topological polar surface area (TPSA) is 83.8 Å². The van der Waals surface area contributed by atoms with Gasteiger partial charge in [0.2, 0.25) is 10.0 Å². The van der Waals surface area contributed by atoms with E-state index < -0.39 is 10.0 Å². The molecule has 7 nitrogen and oxygen atoms in total. The summed E-state index contributed by atoms with van der Waals surface area (Å²) in [7, 11) is -3.62. The maximum atomic E-state index is 12.6. The number of carbonyl (C=O) groups excluding carboxylic acids is 1. The zero-order valence-electron chi connectivity index (χ0n) is 15.6. The normalized spacial score (nSPS) is 11.9. The molecule has 0 radical (unpaired) electrons. The van der Waals surface area contributed by atoms with Crippen LogP contribution in [0.1, 0.15) is 29.9 Å². The van der Waals surface area contributed by atoms with Crippen molar-refractivity contribution >= 4 is 33.2 Å². The second-order valence-electron chi connectivity index (χ2n) is 6.14. The van der Waals surface area contributed by atoms with Crippen LogP contribution in [0.5, 0.6) is 0 Å². The summed E-state index contributed by atoms with van der Waals surface area (Å²) in [6, 6.07) is 9.57. The molecule has 0 saturated carbocycles. The predicted molar refractivity (Wildman–Crippen MR) is 108 cm³/mol. The van der Waals surface area contributed by atoms with Crippen LogP contribution < -0.4 is 5.32 Å². The summed E-state index contributed by atoms with van der Waals surface area (Å²) in [5.41, 5.74) is 1.67. The Labute approximate surface area is 169 Å². The molecule has 3 rings (SSSR count). The van der Waals surface area contributed by atoms with Gasteiger partial charge in [-0.2, -0.15) is 4.31 Å². The van der Waals surface area contributed by atoms with E-state index in [4.69, 9.17) is 11.6 Å². The number of aromatic nitrogens is 2. The van der Waals surface area contributed by atoms with Crippen molar-refractivity contribution in [2.45, 2.75) is 25.3 Å². The third-order valence-electron chi connectivity index (χ3n) is 4.33. The van der Waals surface area contributed by atoms with E-state index in [-0.39, 0.29) is 22.9 Å². The van der Waals surface area contributed by atoms with Crippen LogP contribution in [-0.4, -0.2) is 41.1 Å². The lowest BCUT2D eigenvalue weighted by Crippen LogP contribution is -2.31. The summed E-state index contributed by atoms with van der Waals surface area (Å²) in [6.07, 6.45) is 3.51. The lowest BCUT2D eigenvalue weighted by Gasteiger charge is -2.18. The Balaban J connectivity index is 1.75. The third-order valence-corrected chi connectivity index (χ3v) is 6.60. The van der Waals surface area contributed by atoms with Crippen molar-refractivity contribution in [2.75, 3.05) is 13.1 Å². The van der Waals surface area contributed by atoms with Gasteiger partial charge in [0.1, 0.15) is 5.65 Å². The third kappa shape index (κ3) is 4.19. The summed E-state index contributed by atoms with van der Waals surface area (Å²) in [4.78, 5) is 17.0. The molecule has 0 spiro atoms. The molecule has 2 heterocycles. The van der Waals surface area contributed by atoms with Crippen molar-refractivity contribution in [1.29, 1.82) is 0 Å². The molecule has 1 amide bonds. The quantitative estimate of drug-likeness (QED) is 0.636. The summed E-state index contributed by atoms with van der Waals surface area (Å²) in [5.74, 6) is -0.369.